The Kier molecular flexibility index (Phi) is 5.23. The molecule has 0 unspecified atom stereocenters. The SMILES string of the molecule is C[C@H](NS(=O)(=O)c1ccc(OC(F)(F)F)cc1Br)C(=O)O. The normalized spacial score (nSPS) is 13.8. The fraction of sp³-hybridized carbons (Fsp3) is 0.300. The monoisotopic (exact) mass is 391 g/mol. The van der Waals surface area contributed by atoms with Gasteiger partial charge in [0.25, 0.3) is 0 Å². The zero-order chi connectivity index (χ0) is 16.4. The van der Waals surface area contributed by atoms with Crippen molar-refractivity contribution in [3.05, 3.63) is 22.7 Å². The molecule has 0 aliphatic carbocycles. The lowest BCUT2D eigenvalue weighted by Gasteiger charge is -2.13. The molecule has 0 aliphatic heterocycles. The standard InChI is InChI=1S/C10H9BrF3NO5S/c1-5(9(16)17)15-21(18,19)8-3-2-6(4-7(8)11)20-10(12,13)14/h2-5,15H,1H3,(H,16,17)/t5-/m0/s1. The maximum Gasteiger partial charge on any atom is 0.573 e. The zero-order valence-electron chi connectivity index (χ0n) is 10.3. The van der Waals surface area contributed by atoms with Gasteiger partial charge in [0.05, 0.1) is 4.90 Å². The number of aliphatic carboxylic acids is 1. The smallest absolute Gasteiger partial charge is 0.480 e. The predicted octanol–water partition coefficient (Wildman–Crippen LogP) is 2.10. The van der Waals surface area contributed by atoms with Gasteiger partial charge in [-0.3, -0.25) is 4.79 Å². The van der Waals surface area contributed by atoms with Gasteiger partial charge >= 0.3 is 12.3 Å². The van der Waals surface area contributed by atoms with Crippen LogP contribution < -0.4 is 9.46 Å². The molecule has 0 heterocycles. The van der Waals surface area contributed by atoms with E-state index in [-0.39, 0.29) is 4.47 Å². The number of hydrogen-bond donors (Lipinski definition) is 2. The van der Waals surface area contributed by atoms with Gasteiger partial charge in [-0.05, 0) is 41.1 Å². The lowest BCUT2D eigenvalue weighted by atomic mass is 10.3. The van der Waals surface area contributed by atoms with Crippen LogP contribution in [0.25, 0.3) is 0 Å². The molecule has 0 radical (unpaired) electrons. The molecule has 118 valence electrons. The van der Waals surface area contributed by atoms with Crippen LogP contribution in [0, 0.1) is 0 Å². The van der Waals surface area contributed by atoms with E-state index in [1.807, 2.05) is 4.72 Å². The van der Waals surface area contributed by atoms with Gasteiger partial charge in [-0.1, -0.05) is 0 Å². The fourth-order valence-corrected chi connectivity index (χ4v) is 3.50. The van der Waals surface area contributed by atoms with E-state index >= 15 is 0 Å². The van der Waals surface area contributed by atoms with E-state index in [0.29, 0.717) is 0 Å². The average molecular weight is 392 g/mol. The number of hydrogen-bond acceptors (Lipinski definition) is 4. The number of carboxylic acid groups (broad SMARTS) is 1. The fourth-order valence-electron chi connectivity index (χ4n) is 1.24. The highest BCUT2D eigenvalue weighted by atomic mass is 79.9. The molecule has 0 spiro atoms. The first-order chi connectivity index (χ1) is 9.42. The van der Waals surface area contributed by atoms with E-state index in [9.17, 15) is 26.4 Å². The first-order valence-electron chi connectivity index (χ1n) is 5.23. The molecule has 0 aliphatic rings. The summed E-state index contributed by atoms with van der Waals surface area (Å²) in [5.74, 6) is -2.01. The summed E-state index contributed by atoms with van der Waals surface area (Å²) in [6.45, 7) is 1.11. The van der Waals surface area contributed by atoms with Gasteiger partial charge in [0.1, 0.15) is 11.8 Å². The third-order valence-corrected chi connectivity index (χ3v) is 4.65. The maximum absolute atomic E-state index is 12.0. The van der Waals surface area contributed by atoms with Crippen molar-refractivity contribution in [1.29, 1.82) is 0 Å². The lowest BCUT2D eigenvalue weighted by molar-refractivity contribution is -0.274. The molecule has 0 fully saturated rings. The Labute approximate surface area is 126 Å². The van der Waals surface area contributed by atoms with Crippen molar-refractivity contribution in [3.63, 3.8) is 0 Å². The second-order valence-corrected chi connectivity index (χ2v) is 6.36. The second kappa shape index (κ2) is 6.20. The second-order valence-electron chi connectivity index (χ2n) is 3.82. The van der Waals surface area contributed by atoms with Crippen LogP contribution >= 0.6 is 15.9 Å². The number of ether oxygens (including phenoxy) is 1. The maximum atomic E-state index is 12.0. The Morgan fingerprint density at radius 3 is 2.43 bits per heavy atom. The summed E-state index contributed by atoms with van der Waals surface area (Å²) in [6, 6.07) is 1.08. The average Bonchev–Trinajstić information content (AvgIpc) is 2.25. The van der Waals surface area contributed by atoms with Gasteiger partial charge in [0.15, 0.2) is 0 Å². The van der Waals surface area contributed by atoms with Crippen molar-refractivity contribution < 1.29 is 36.2 Å². The number of rotatable bonds is 5. The van der Waals surface area contributed by atoms with E-state index in [1.54, 1.807) is 0 Å². The Hall–Kier alpha value is -1.33. The molecule has 6 nitrogen and oxygen atoms in total. The van der Waals surface area contributed by atoms with Gasteiger partial charge in [-0.15, -0.1) is 13.2 Å². The summed E-state index contributed by atoms with van der Waals surface area (Å²) in [7, 11) is -4.21. The summed E-state index contributed by atoms with van der Waals surface area (Å²) in [5.41, 5.74) is 0. The quantitative estimate of drug-likeness (QED) is 0.801. The Morgan fingerprint density at radius 1 is 1.43 bits per heavy atom. The molecular weight excluding hydrogens is 383 g/mol. The van der Waals surface area contributed by atoms with Crippen LogP contribution in [0.15, 0.2) is 27.6 Å². The number of benzene rings is 1. The van der Waals surface area contributed by atoms with Crippen molar-refractivity contribution in [2.75, 3.05) is 0 Å². The molecule has 1 aromatic rings. The van der Waals surface area contributed by atoms with E-state index in [1.165, 1.54) is 0 Å². The van der Waals surface area contributed by atoms with Crippen LogP contribution in [0.4, 0.5) is 13.2 Å². The summed E-state index contributed by atoms with van der Waals surface area (Å²) in [5, 5.41) is 8.65. The van der Waals surface area contributed by atoms with Crippen LogP contribution in [0.5, 0.6) is 5.75 Å². The lowest BCUT2D eigenvalue weighted by Crippen LogP contribution is -2.38. The van der Waals surface area contributed by atoms with Crippen molar-refractivity contribution in [2.45, 2.75) is 24.2 Å². The van der Waals surface area contributed by atoms with Crippen LogP contribution in [-0.2, 0) is 14.8 Å². The number of sulfonamides is 1. The minimum atomic E-state index is -4.91. The Morgan fingerprint density at radius 2 is 2.00 bits per heavy atom. The van der Waals surface area contributed by atoms with Crippen molar-refractivity contribution in [3.8, 4) is 5.75 Å². The third kappa shape index (κ3) is 5.17. The molecule has 0 aromatic heterocycles. The largest absolute Gasteiger partial charge is 0.573 e. The summed E-state index contributed by atoms with van der Waals surface area (Å²) >= 11 is 2.80. The van der Waals surface area contributed by atoms with Crippen molar-refractivity contribution >= 4 is 31.9 Å². The Bertz CT molecular complexity index is 647. The molecule has 11 heteroatoms. The summed E-state index contributed by atoms with van der Waals surface area (Å²) in [6.07, 6.45) is -4.91. The van der Waals surface area contributed by atoms with Crippen LogP contribution in [0.1, 0.15) is 6.92 Å². The molecule has 0 amide bonds. The van der Waals surface area contributed by atoms with Crippen LogP contribution in [-0.4, -0.2) is 31.9 Å². The number of nitrogens with one attached hydrogen (secondary N) is 1. The minimum absolute atomic E-state index is 0.200. The van der Waals surface area contributed by atoms with E-state index < -0.39 is 39.0 Å². The highest BCUT2D eigenvalue weighted by Crippen LogP contribution is 2.30. The number of halogens is 4. The molecule has 21 heavy (non-hydrogen) atoms. The van der Waals surface area contributed by atoms with Crippen LogP contribution in [0.2, 0.25) is 0 Å². The van der Waals surface area contributed by atoms with Gasteiger partial charge < -0.3 is 9.84 Å². The molecular formula is C10H9BrF3NO5S. The molecule has 2 N–H and O–H groups in total. The molecule has 1 atom stereocenters. The van der Waals surface area contributed by atoms with E-state index in [2.05, 4.69) is 20.7 Å². The van der Waals surface area contributed by atoms with Gasteiger partial charge in [0, 0.05) is 4.47 Å². The summed E-state index contributed by atoms with van der Waals surface area (Å²) < 4.78 is 65.2. The van der Waals surface area contributed by atoms with Gasteiger partial charge in [-0.25, -0.2) is 8.42 Å². The first-order valence-corrected chi connectivity index (χ1v) is 7.50. The predicted molar refractivity (Wildman–Crippen MR) is 68.2 cm³/mol. The number of alkyl halides is 3. The zero-order valence-corrected chi connectivity index (χ0v) is 12.7. The topological polar surface area (TPSA) is 92.7 Å². The molecule has 1 aromatic carbocycles. The van der Waals surface area contributed by atoms with E-state index in [0.717, 1.165) is 25.1 Å². The number of carbonyl (C=O) groups is 1. The molecule has 0 saturated heterocycles. The highest BCUT2D eigenvalue weighted by Gasteiger charge is 2.32. The third-order valence-electron chi connectivity index (χ3n) is 2.13. The van der Waals surface area contributed by atoms with Crippen molar-refractivity contribution in [1.82, 2.24) is 4.72 Å². The van der Waals surface area contributed by atoms with Gasteiger partial charge in [0.2, 0.25) is 10.0 Å². The highest BCUT2D eigenvalue weighted by molar-refractivity contribution is 9.10. The van der Waals surface area contributed by atoms with Crippen molar-refractivity contribution in [2.24, 2.45) is 0 Å². The van der Waals surface area contributed by atoms with E-state index in [4.69, 9.17) is 5.11 Å². The first kappa shape index (κ1) is 17.7. The van der Waals surface area contributed by atoms with Gasteiger partial charge in [-0.2, -0.15) is 4.72 Å². The van der Waals surface area contributed by atoms with Crippen LogP contribution in [0.3, 0.4) is 0 Å². The Balaban J connectivity index is 3.07. The molecule has 0 bridgehead atoms. The summed E-state index contributed by atoms with van der Waals surface area (Å²) in [4.78, 5) is 10.2. The number of carboxylic acids is 1. The molecule has 0 saturated carbocycles. The minimum Gasteiger partial charge on any atom is -0.480 e. The molecule has 1 rings (SSSR count).